The number of methoxy groups -OCH3 is 1. The van der Waals surface area contributed by atoms with Crippen LogP contribution < -0.4 is 16.0 Å². The molecule has 0 saturated heterocycles. The van der Waals surface area contributed by atoms with Gasteiger partial charge in [-0.2, -0.15) is 0 Å². The summed E-state index contributed by atoms with van der Waals surface area (Å²) in [6.07, 6.45) is 8.27. The Bertz CT molecular complexity index is 385. The molecule has 0 saturated carbocycles. The van der Waals surface area contributed by atoms with E-state index in [1.165, 1.54) is 44.2 Å². The smallest absolute Gasteiger partial charge is 0.123 e. The number of hydrazine groups is 1. The lowest BCUT2D eigenvalue weighted by Gasteiger charge is -2.19. The number of hydrogen-bond donors (Lipinski definition) is 2. The highest BCUT2D eigenvalue weighted by atomic mass is 19.1. The summed E-state index contributed by atoms with van der Waals surface area (Å²) in [6, 6.07) is 4.49. The van der Waals surface area contributed by atoms with Crippen LogP contribution in [-0.4, -0.2) is 7.11 Å². The molecule has 114 valence electrons. The summed E-state index contributed by atoms with van der Waals surface area (Å²) < 4.78 is 18.7. The van der Waals surface area contributed by atoms with Gasteiger partial charge in [0.1, 0.15) is 11.6 Å². The van der Waals surface area contributed by atoms with Gasteiger partial charge in [0.15, 0.2) is 0 Å². The van der Waals surface area contributed by atoms with Gasteiger partial charge in [-0.25, -0.2) is 4.39 Å². The van der Waals surface area contributed by atoms with Gasteiger partial charge in [0.05, 0.1) is 7.11 Å². The van der Waals surface area contributed by atoms with Crippen LogP contribution in [0.4, 0.5) is 4.39 Å². The molecule has 1 aromatic carbocycles. The van der Waals surface area contributed by atoms with Crippen LogP contribution in [0.1, 0.15) is 63.5 Å². The fourth-order valence-corrected chi connectivity index (χ4v) is 2.43. The van der Waals surface area contributed by atoms with Gasteiger partial charge in [-0.05, 0) is 24.6 Å². The predicted molar refractivity (Wildman–Crippen MR) is 81.0 cm³/mol. The van der Waals surface area contributed by atoms with Gasteiger partial charge in [0, 0.05) is 11.6 Å². The van der Waals surface area contributed by atoms with E-state index in [9.17, 15) is 4.39 Å². The van der Waals surface area contributed by atoms with E-state index in [1.54, 1.807) is 13.2 Å². The molecule has 20 heavy (non-hydrogen) atoms. The van der Waals surface area contributed by atoms with E-state index in [2.05, 4.69) is 12.3 Å². The van der Waals surface area contributed by atoms with Crippen molar-refractivity contribution in [2.45, 2.75) is 57.9 Å². The monoisotopic (exact) mass is 282 g/mol. The molecule has 0 heterocycles. The standard InChI is InChI=1S/C16H27FN2O/c1-3-4-5-6-7-8-9-15(19-18)14-12-13(17)10-11-16(14)20-2/h10-12,15,19H,3-9,18H2,1-2H3. The second-order valence-corrected chi connectivity index (χ2v) is 5.16. The first-order chi connectivity index (χ1) is 9.72. The lowest BCUT2D eigenvalue weighted by molar-refractivity contribution is 0.390. The molecule has 1 rings (SSSR count). The third-order valence-electron chi connectivity index (χ3n) is 3.61. The summed E-state index contributed by atoms with van der Waals surface area (Å²) in [5.41, 5.74) is 3.57. The average molecular weight is 282 g/mol. The van der Waals surface area contributed by atoms with Gasteiger partial charge >= 0.3 is 0 Å². The van der Waals surface area contributed by atoms with Crippen LogP contribution in [0.2, 0.25) is 0 Å². The van der Waals surface area contributed by atoms with Crippen molar-refractivity contribution in [1.82, 2.24) is 5.43 Å². The molecule has 0 fully saturated rings. The number of nitrogens with two attached hydrogens (primary N) is 1. The first-order valence-corrected chi connectivity index (χ1v) is 7.52. The molecule has 0 amide bonds. The van der Waals surface area contributed by atoms with Gasteiger partial charge in [0.2, 0.25) is 0 Å². The van der Waals surface area contributed by atoms with Crippen molar-refractivity contribution in [3.05, 3.63) is 29.6 Å². The van der Waals surface area contributed by atoms with E-state index in [0.717, 1.165) is 18.4 Å². The zero-order valence-electron chi connectivity index (χ0n) is 12.6. The van der Waals surface area contributed by atoms with Crippen molar-refractivity contribution in [3.63, 3.8) is 0 Å². The highest BCUT2D eigenvalue weighted by Gasteiger charge is 2.15. The van der Waals surface area contributed by atoms with E-state index in [-0.39, 0.29) is 11.9 Å². The molecule has 3 nitrogen and oxygen atoms in total. The second kappa shape index (κ2) is 9.72. The first-order valence-electron chi connectivity index (χ1n) is 7.52. The van der Waals surface area contributed by atoms with Crippen molar-refractivity contribution in [2.24, 2.45) is 5.84 Å². The fraction of sp³-hybridized carbons (Fsp3) is 0.625. The van der Waals surface area contributed by atoms with Gasteiger partial charge in [0.25, 0.3) is 0 Å². The summed E-state index contributed by atoms with van der Waals surface area (Å²) >= 11 is 0. The Labute approximate surface area is 121 Å². The Balaban J connectivity index is 2.51. The van der Waals surface area contributed by atoms with E-state index in [0.29, 0.717) is 5.75 Å². The third kappa shape index (κ3) is 5.47. The molecule has 0 spiro atoms. The SMILES string of the molecule is CCCCCCCCC(NN)c1cc(F)ccc1OC. The van der Waals surface area contributed by atoms with Crippen LogP contribution in [0.15, 0.2) is 18.2 Å². The van der Waals surface area contributed by atoms with Crippen molar-refractivity contribution in [2.75, 3.05) is 7.11 Å². The van der Waals surface area contributed by atoms with Crippen LogP contribution in [0.25, 0.3) is 0 Å². The molecule has 0 radical (unpaired) electrons. The maximum absolute atomic E-state index is 13.4. The summed E-state index contributed by atoms with van der Waals surface area (Å²) in [6.45, 7) is 2.21. The van der Waals surface area contributed by atoms with Crippen LogP contribution in [-0.2, 0) is 0 Å². The Hall–Kier alpha value is -1.13. The lowest BCUT2D eigenvalue weighted by atomic mass is 9.99. The quantitative estimate of drug-likeness (QED) is 0.386. The molecule has 0 aromatic heterocycles. The molecule has 1 atom stereocenters. The Kier molecular flexibility index (Phi) is 8.23. The normalized spacial score (nSPS) is 12.4. The van der Waals surface area contributed by atoms with E-state index in [1.807, 2.05) is 0 Å². The first kappa shape index (κ1) is 16.9. The number of ether oxygens (including phenoxy) is 1. The van der Waals surface area contributed by atoms with Crippen LogP contribution >= 0.6 is 0 Å². The molecule has 0 bridgehead atoms. The molecule has 1 aromatic rings. The Morgan fingerprint density at radius 3 is 2.55 bits per heavy atom. The molecule has 0 aliphatic carbocycles. The van der Waals surface area contributed by atoms with Crippen molar-refractivity contribution >= 4 is 0 Å². The van der Waals surface area contributed by atoms with Gasteiger partial charge in [-0.15, -0.1) is 0 Å². The number of benzene rings is 1. The minimum atomic E-state index is -0.260. The highest BCUT2D eigenvalue weighted by molar-refractivity contribution is 5.36. The second-order valence-electron chi connectivity index (χ2n) is 5.16. The molecular weight excluding hydrogens is 255 g/mol. The minimum Gasteiger partial charge on any atom is -0.496 e. The van der Waals surface area contributed by atoms with Gasteiger partial charge in [-0.1, -0.05) is 45.4 Å². The molecule has 4 heteroatoms. The highest BCUT2D eigenvalue weighted by Crippen LogP contribution is 2.29. The molecule has 1 unspecified atom stereocenters. The van der Waals surface area contributed by atoms with Gasteiger partial charge < -0.3 is 4.74 Å². The Morgan fingerprint density at radius 1 is 1.20 bits per heavy atom. The van der Waals surface area contributed by atoms with Crippen LogP contribution in [0, 0.1) is 5.82 Å². The minimum absolute atomic E-state index is 0.0631. The fourth-order valence-electron chi connectivity index (χ4n) is 2.43. The lowest BCUT2D eigenvalue weighted by Crippen LogP contribution is -2.28. The largest absolute Gasteiger partial charge is 0.496 e. The van der Waals surface area contributed by atoms with Crippen molar-refractivity contribution < 1.29 is 9.13 Å². The predicted octanol–water partition coefficient (Wildman–Crippen LogP) is 4.09. The molecular formula is C16H27FN2O. The zero-order chi connectivity index (χ0) is 14.8. The number of unbranched alkanes of at least 4 members (excludes halogenated alkanes) is 5. The molecule has 0 aliphatic rings. The summed E-state index contributed by atoms with van der Waals surface area (Å²) in [5, 5.41) is 0. The molecule has 3 N–H and O–H groups in total. The molecule has 0 aliphatic heterocycles. The zero-order valence-corrected chi connectivity index (χ0v) is 12.6. The summed E-state index contributed by atoms with van der Waals surface area (Å²) in [4.78, 5) is 0. The van der Waals surface area contributed by atoms with E-state index >= 15 is 0 Å². The van der Waals surface area contributed by atoms with Crippen LogP contribution in [0.3, 0.4) is 0 Å². The number of halogens is 1. The summed E-state index contributed by atoms with van der Waals surface area (Å²) in [5.74, 6) is 6.03. The van der Waals surface area contributed by atoms with Crippen molar-refractivity contribution in [3.8, 4) is 5.75 Å². The summed E-state index contributed by atoms with van der Waals surface area (Å²) in [7, 11) is 1.59. The average Bonchev–Trinajstić information content (AvgIpc) is 2.46. The maximum atomic E-state index is 13.4. The number of rotatable bonds is 10. The topological polar surface area (TPSA) is 47.3 Å². The van der Waals surface area contributed by atoms with E-state index in [4.69, 9.17) is 10.6 Å². The maximum Gasteiger partial charge on any atom is 0.123 e. The third-order valence-corrected chi connectivity index (χ3v) is 3.61. The van der Waals surface area contributed by atoms with Gasteiger partial charge in [-0.3, -0.25) is 11.3 Å². The van der Waals surface area contributed by atoms with Crippen molar-refractivity contribution in [1.29, 1.82) is 0 Å². The number of nitrogens with one attached hydrogen (secondary N) is 1. The van der Waals surface area contributed by atoms with Crippen LogP contribution in [0.5, 0.6) is 5.75 Å². The Morgan fingerprint density at radius 2 is 1.90 bits per heavy atom. The number of hydrogen-bond acceptors (Lipinski definition) is 3. The van der Waals surface area contributed by atoms with E-state index < -0.39 is 0 Å².